The van der Waals surface area contributed by atoms with Crippen LogP contribution < -0.4 is 21.3 Å². The van der Waals surface area contributed by atoms with Crippen molar-refractivity contribution in [2.75, 3.05) is 23.8 Å². The number of nitrogens with one attached hydrogen (secondary N) is 4. The van der Waals surface area contributed by atoms with E-state index in [4.69, 9.17) is 9.72 Å². The number of aromatic nitrogens is 5. The Kier molecular flexibility index (Phi) is 11.7. The molecule has 3 aromatic heterocycles. The van der Waals surface area contributed by atoms with Crippen molar-refractivity contribution in [1.29, 1.82) is 0 Å². The number of rotatable bonds is 14. The van der Waals surface area contributed by atoms with E-state index in [1.165, 1.54) is 12.4 Å². The minimum absolute atomic E-state index is 0.171. The largest absolute Gasteiger partial charge is 0.381 e. The summed E-state index contributed by atoms with van der Waals surface area (Å²) in [4.78, 5) is 40.0. The predicted octanol–water partition coefficient (Wildman–Crippen LogP) is 6.67. The molecular weight excluding hydrogens is 698 g/mol. The molecule has 3 aromatic carbocycles. The van der Waals surface area contributed by atoms with E-state index < -0.39 is 0 Å². The summed E-state index contributed by atoms with van der Waals surface area (Å²) in [6.07, 6.45) is 7.42. The fourth-order valence-electron chi connectivity index (χ4n) is 6.80. The molecule has 0 atom stereocenters. The van der Waals surface area contributed by atoms with Crippen molar-refractivity contribution in [3.63, 3.8) is 0 Å². The highest BCUT2D eigenvalue weighted by molar-refractivity contribution is 6.00. The Hall–Kier alpha value is -6.21. The quantitative estimate of drug-likeness (QED) is 0.0961. The smallest absolute Gasteiger partial charge is 0.251 e. The Balaban J connectivity index is 1.02. The number of ether oxygens (including phenoxy) is 1. The topological polar surface area (TPSA) is 148 Å². The highest BCUT2D eigenvalue weighted by atomic mass is 19.1. The lowest BCUT2D eigenvalue weighted by Gasteiger charge is -2.26. The molecule has 282 valence electrons. The number of fused-ring (bicyclic) bond motifs is 1. The molecule has 6 aromatic rings. The van der Waals surface area contributed by atoms with Crippen molar-refractivity contribution < 1.29 is 18.7 Å². The van der Waals surface area contributed by atoms with Gasteiger partial charge in [-0.2, -0.15) is 5.10 Å². The molecule has 0 saturated carbocycles. The number of halogens is 1. The van der Waals surface area contributed by atoms with Gasteiger partial charge in [-0.25, -0.2) is 24.0 Å². The predicted molar refractivity (Wildman–Crippen MR) is 210 cm³/mol. The van der Waals surface area contributed by atoms with Gasteiger partial charge >= 0.3 is 0 Å². The molecule has 0 unspecified atom stereocenters. The third kappa shape index (κ3) is 8.79. The van der Waals surface area contributed by atoms with Crippen LogP contribution in [0.4, 0.5) is 15.9 Å². The van der Waals surface area contributed by atoms with Gasteiger partial charge in [-0.1, -0.05) is 37.3 Å². The number of pyridine rings is 1. The molecule has 2 amide bonds. The van der Waals surface area contributed by atoms with E-state index in [0.717, 1.165) is 57.5 Å². The second kappa shape index (κ2) is 17.3. The Morgan fingerprint density at radius 3 is 2.40 bits per heavy atom. The molecule has 12 nitrogen and oxygen atoms in total. The number of benzene rings is 3. The van der Waals surface area contributed by atoms with Crippen molar-refractivity contribution in [3.8, 4) is 11.1 Å². The number of nitrogens with zero attached hydrogens (tertiary/aromatic N) is 5. The average molecular weight is 742 g/mol. The first-order chi connectivity index (χ1) is 26.9. The van der Waals surface area contributed by atoms with Crippen LogP contribution in [-0.2, 0) is 37.3 Å². The van der Waals surface area contributed by atoms with Gasteiger partial charge in [0.05, 0.1) is 17.3 Å². The third-order valence-corrected chi connectivity index (χ3v) is 9.77. The summed E-state index contributed by atoms with van der Waals surface area (Å²) in [5, 5.41) is 18.5. The first-order valence-electron chi connectivity index (χ1n) is 18.7. The number of carbonyl (C=O) groups excluding carboxylic acids is 2. The Morgan fingerprint density at radius 2 is 1.65 bits per heavy atom. The fraction of sp³-hybridized carbons (Fsp3) is 0.286. The third-order valence-electron chi connectivity index (χ3n) is 9.77. The summed E-state index contributed by atoms with van der Waals surface area (Å²) in [5.41, 5.74) is 7.09. The molecule has 0 bridgehead atoms. The molecule has 1 aliphatic rings. The summed E-state index contributed by atoms with van der Waals surface area (Å²) in [5.74, 6) is -0.326. The van der Waals surface area contributed by atoms with E-state index in [0.29, 0.717) is 55.2 Å². The van der Waals surface area contributed by atoms with Gasteiger partial charge in [-0.3, -0.25) is 9.59 Å². The number of amides is 2. The van der Waals surface area contributed by atoms with Crippen molar-refractivity contribution in [1.82, 2.24) is 35.4 Å². The van der Waals surface area contributed by atoms with E-state index in [9.17, 15) is 9.59 Å². The van der Waals surface area contributed by atoms with E-state index >= 15 is 4.39 Å². The maximum absolute atomic E-state index is 15.1. The molecule has 55 heavy (non-hydrogen) atoms. The molecular formula is C42H44FN9O3. The Morgan fingerprint density at radius 1 is 0.891 bits per heavy atom. The monoisotopic (exact) mass is 741 g/mol. The number of hydrogen-bond acceptors (Lipinski definition) is 9. The van der Waals surface area contributed by atoms with Crippen LogP contribution >= 0.6 is 0 Å². The van der Waals surface area contributed by atoms with Crippen LogP contribution in [0.5, 0.6) is 0 Å². The average Bonchev–Trinajstić information content (AvgIpc) is 3.65. The molecule has 4 heterocycles. The summed E-state index contributed by atoms with van der Waals surface area (Å²) in [6.45, 7) is 7.11. The van der Waals surface area contributed by atoms with Crippen LogP contribution in [0.1, 0.15) is 69.8 Å². The van der Waals surface area contributed by atoms with E-state index in [2.05, 4.69) is 43.3 Å². The van der Waals surface area contributed by atoms with Gasteiger partial charge in [-0.05, 0) is 85.3 Å². The van der Waals surface area contributed by atoms with Crippen molar-refractivity contribution >= 4 is 34.4 Å². The zero-order chi connectivity index (χ0) is 38.1. The van der Waals surface area contributed by atoms with Gasteiger partial charge in [-0.15, -0.1) is 0 Å². The second-order valence-corrected chi connectivity index (χ2v) is 13.4. The van der Waals surface area contributed by atoms with Crippen LogP contribution in [0.15, 0.2) is 91.5 Å². The molecule has 1 saturated heterocycles. The van der Waals surface area contributed by atoms with Gasteiger partial charge in [0.15, 0.2) is 5.65 Å². The van der Waals surface area contributed by atoms with Crippen molar-refractivity contribution in [2.45, 2.75) is 65.3 Å². The van der Waals surface area contributed by atoms with E-state index in [1.54, 1.807) is 48.7 Å². The molecule has 0 aliphatic carbocycles. The van der Waals surface area contributed by atoms with Crippen LogP contribution in [0.25, 0.3) is 22.2 Å². The normalized spacial score (nSPS) is 13.1. The minimum Gasteiger partial charge on any atom is -0.381 e. The zero-order valence-corrected chi connectivity index (χ0v) is 30.9. The van der Waals surface area contributed by atoms with E-state index in [1.807, 2.05) is 42.1 Å². The first-order valence-corrected chi connectivity index (χ1v) is 18.7. The van der Waals surface area contributed by atoms with Crippen LogP contribution in [-0.4, -0.2) is 55.8 Å². The lowest BCUT2D eigenvalue weighted by molar-refractivity contribution is 0.0904. The van der Waals surface area contributed by atoms with Gasteiger partial charge in [0, 0.05) is 79.6 Å². The summed E-state index contributed by atoms with van der Waals surface area (Å²) in [6, 6.07) is 21.0. The van der Waals surface area contributed by atoms with E-state index in [-0.39, 0.29) is 36.8 Å². The molecule has 4 N–H and O–H groups in total. The van der Waals surface area contributed by atoms with Gasteiger partial charge in [0.2, 0.25) is 0 Å². The maximum Gasteiger partial charge on any atom is 0.251 e. The lowest BCUT2D eigenvalue weighted by Crippen LogP contribution is -2.30. The van der Waals surface area contributed by atoms with Gasteiger partial charge in [0.25, 0.3) is 11.8 Å². The molecule has 1 fully saturated rings. The SMILES string of the molecule is CCc1nc2c(cnn2CC)c(NC2CCOCC2)c1CNC(=O)c1cccc(C(=O)NCc2ccc(F)c(-c3cccc(CNc4ccncn4)c3)c2)c1. The van der Waals surface area contributed by atoms with Gasteiger partial charge < -0.3 is 26.0 Å². The summed E-state index contributed by atoms with van der Waals surface area (Å²) >= 11 is 0. The van der Waals surface area contributed by atoms with Crippen LogP contribution in [0.2, 0.25) is 0 Å². The first kappa shape index (κ1) is 37.1. The Bertz CT molecular complexity index is 2290. The lowest BCUT2D eigenvalue weighted by atomic mass is 10.00. The highest BCUT2D eigenvalue weighted by Crippen LogP contribution is 2.31. The molecule has 0 spiro atoms. The second-order valence-electron chi connectivity index (χ2n) is 13.4. The van der Waals surface area contributed by atoms with Crippen LogP contribution in [0, 0.1) is 5.82 Å². The van der Waals surface area contributed by atoms with Crippen LogP contribution in [0.3, 0.4) is 0 Å². The zero-order valence-electron chi connectivity index (χ0n) is 30.9. The van der Waals surface area contributed by atoms with Gasteiger partial charge in [0.1, 0.15) is 18.0 Å². The number of aryl methyl sites for hydroxylation is 2. The molecule has 7 rings (SSSR count). The van der Waals surface area contributed by atoms with Crippen molar-refractivity contribution in [2.24, 2.45) is 0 Å². The standard InChI is InChI=1S/C42H44FN9O3/c1-3-37-34(39(50-32-14-17-55-18-15-32)35-25-49-52(4-2)40(35)51-37)24-47-42(54)31-10-6-9-30(21-31)41(53)46-23-28-11-12-36(43)33(20-28)29-8-5-7-27(19-29)22-45-38-13-16-44-26-48-38/h5-13,16,19-21,25-26,32H,3-4,14-15,17-18,22-24H2,1-2H3,(H,46,53)(H,47,54)(H,50,51)(H,44,45,48). The van der Waals surface area contributed by atoms with Crippen molar-refractivity contribution in [3.05, 3.63) is 131 Å². The Labute approximate surface area is 319 Å². The highest BCUT2D eigenvalue weighted by Gasteiger charge is 2.22. The maximum atomic E-state index is 15.1. The summed E-state index contributed by atoms with van der Waals surface area (Å²) < 4.78 is 22.6. The number of carbonyl (C=O) groups is 2. The fourth-order valence-corrected chi connectivity index (χ4v) is 6.80. The number of hydrogen-bond donors (Lipinski definition) is 4. The summed E-state index contributed by atoms with van der Waals surface area (Å²) in [7, 11) is 0. The molecule has 0 radical (unpaired) electrons. The number of anilines is 2. The minimum atomic E-state index is -0.362. The molecule has 1 aliphatic heterocycles. The molecule has 13 heteroatoms.